The van der Waals surface area contributed by atoms with Crippen LogP contribution in [0.4, 0.5) is 4.79 Å². The molecule has 0 atom stereocenters. The molecule has 0 saturated heterocycles. The Morgan fingerprint density at radius 1 is 1.54 bits per heavy atom. The van der Waals surface area contributed by atoms with E-state index in [4.69, 9.17) is 0 Å². The summed E-state index contributed by atoms with van der Waals surface area (Å²) in [7, 11) is 0. The highest BCUT2D eigenvalue weighted by atomic mass is 16.8. The average Bonchev–Trinajstić information content (AvgIpc) is 2.48. The molecule has 0 N–H and O–H groups in total. The van der Waals surface area contributed by atoms with Crippen molar-refractivity contribution in [3.63, 3.8) is 0 Å². The summed E-state index contributed by atoms with van der Waals surface area (Å²) in [6, 6.07) is 3.28. The number of hydrogen-bond acceptors (Lipinski definition) is 5. The van der Waals surface area contributed by atoms with Gasteiger partial charge in [-0.15, -0.1) is 5.10 Å². The van der Waals surface area contributed by atoms with Crippen molar-refractivity contribution in [3.8, 4) is 0 Å². The molecule has 13 heavy (non-hydrogen) atoms. The molecular formula is C6H3N4O3. The first-order valence-electron chi connectivity index (χ1n) is 3.33. The van der Waals surface area contributed by atoms with Crippen molar-refractivity contribution in [1.82, 2.24) is 20.1 Å². The maximum absolute atomic E-state index is 10.1. The van der Waals surface area contributed by atoms with Crippen molar-refractivity contribution in [2.75, 3.05) is 0 Å². The zero-order valence-corrected chi connectivity index (χ0v) is 6.25. The van der Waals surface area contributed by atoms with Crippen LogP contribution in [-0.4, -0.2) is 26.3 Å². The van der Waals surface area contributed by atoms with Crippen molar-refractivity contribution in [3.05, 3.63) is 18.3 Å². The number of hydrogen-bond donors (Lipinski definition) is 0. The van der Waals surface area contributed by atoms with Crippen LogP contribution in [0, 0.1) is 0 Å². The van der Waals surface area contributed by atoms with E-state index in [1.807, 2.05) is 0 Å². The summed E-state index contributed by atoms with van der Waals surface area (Å²) in [4.78, 5) is 18.7. The Balaban J connectivity index is 2.51. The molecule has 0 bridgehead atoms. The second-order valence-corrected chi connectivity index (χ2v) is 2.15. The summed E-state index contributed by atoms with van der Waals surface area (Å²) >= 11 is 0. The molecule has 0 aromatic carbocycles. The van der Waals surface area contributed by atoms with Gasteiger partial charge in [0.1, 0.15) is 5.52 Å². The zero-order chi connectivity index (χ0) is 9.26. The maximum Gasteiger partial charge on any atom is 0.577 e. The van der Waals surface area contributed by atoms with Crippen molar-refractivity contribution < 1.29 is 14.7 Å². The lowest BCUT2D eigenvalue weighted by molar-refractivity contribution is 0.0492. The number of rotatable bonds is 1. The fourth-order valence-corrected chi connectivity index (χ4v) is 0.877. The molecule has 7 heteroatoms. The fourth-order valence-electron chi connectivity index (χ4n) is 0.877. The Morgan fingerprint density at radius 2 is 2.38 bits per heavy atom. The molecule has 2 aromatic heterocycles. The Labute approximate surface area is 71.5 Å². The third kappa shape index (κ3) is 1.26. The van der Waals surface area contributed by atoms with Gasteiger partial charge in [0.15, 0.2) is 0 Å². The normalized spacial score (nSPS) is 10.2. The van der Waals surface area contributed by atoms with Gasteiger partial charge in [-0.2, -0.15) is 9.90 Å². The predicted molar refractivity (Wildman–Crippen MR) is 38.0 cm³/mol. The SMILES string of the molecule is [O]C(=O)On1nnc2cccnc21. The Hall–Kier alpha value is -2.18. The smallest absolute Gasteiger partial charge is 0.277 e. The Kier molecular flexibility index (Phi) is 1.55. The molecule has 65 valence electrons. The van der Waals surface area contributed by atoms with Gasteiger partial charge in [0.25, 0.3) is 0 Å². The number of carbonyl (C=O) groups excluding carboxylic acids is 1. The largest absolute Gasteiger partial charge is 0.577 e. The van der Waals surface area contributed by atoms with Crippen molar-refractivity contribution in [2.45, 2.75) is 0 Å². The van der Waals surface area contributed by atoms with Crippen LogP contribution in [0.25, 0.3) is 11.2 Å². The van der Waals surface area contributed by atoms with Crippen molar-refractivity contribution in [1.29, 1.82) is 0 Å². The molecule has 2 aromatic rings. The van der Waals surface area contributed by atoms with E-state index < -0.39 is 6.16 Å². The van der Waals surface area contributed by atoms with Gasteiger partial charge in [0, 0.05) is 6.20 Å². The Morgan fingerprint density at radius 3 is 3.15 bits per heavy atom. The molecular weight excluding hydrogens is 176 g/mol. The molecule has 0 saturated carbocycles. The lowest BCUT2D eigenvalue weighted by Gasteiger charge is -1.93. The van der Waals surface area contributed by atoms with Gasteiger partial charge >= 0.3 is 6.16 Å². The Bertz CT molecular complexity index is 452. The summed E-state index contributed by atoms with van der Waals surface area (Å²) in [5.74, 6) is 0. The van der Waals surface area contributed by atoms with Gasteiger partial charge in [-0.25, -0.2) is 4.98 Å². The second kappa shape index (κ2) is 2.70. The summed E-state index contributed by atoms with van der Waals surface area (Å²) in [6.45, 7) is 0. The molecule has 0 fully saturated rings. The number of carbonyl (C=O) groups is 1. The summed E-state index contributed by atoms with van der Waals surface area (Å²) in [5, 5.41) is 17.1. The molecule has 0 aliphatic rings. The van der Waals surface area contributed by atoms with Crippen LogP contribution in [0.2, 0.25) is 0 Å². The minimum absolute atomic E-state index is 0.228. The van der Waals surface area contributed by atoms with E-state index in [0.717, 1.165) is 0 Å². The molecule has 0 aliphatic heterocycles. The van der Waals surface area contributed by atoms with E-state index >= 15 is 0 Å². The highest BCUT2D eigenvalue weighted by Gasteiger charge is 2.09. The molecule has 0 aliphatic carbocycles. The van der Waals surface area contributed by atoms with Crippen LogP contribution >= 0.6 is 0 Å². The first kappa shape index (κ1) is 7.47. The fraction of sp³-hybridized carbons (Fsp3) is 0. The van der Waals surface area contributed by atoms with E-state index in [1.54, 1.807) is 12.1 Å². The zero-order valence-electron chi connectivity index (χ0n) is 6.25. The lowest BCUT2D eigenvalue weighted by atomic mass is 10.4. The first-order chi connectivity index (χ1) is 6.27. The molecule has 0 amide bonds. The van der Waals surface area contributed by atoms with E-state index in [2.05, 4.69) is 20.1 Å². The number of fused-ring (bicyclic) bond motifs is 1. The summed E-state index contributed by atoms with van der Waals surface area (Å²) < 4.78 is 0. The van der Waals surface area contributed by atoms with Crippen LogP contribution in [0.15, 0.2) is 18.3 Å². The number of nitrogens with zero attached hydrogens (tertiary/aromatic N) is 4. The summed E-state index contributed by atoms with van der Waals surface area (Å²) in [6.07, 6.45) is -0.238. The topological polar surface area (TPSA) is 89.8 Å². The first-order valence-corrected chi connectivity index (χ1v) is 3.33. The van der Waals surface area contributed by atoms with Gasteiger partial charge in [-0.3, -0.25) is 4.84 Å². The third-order valence-corrected chi connectivity index (χ3v) is 1.34. The van der Waals surface area contributed by atoms with Crippen LogP contribution in [0.3, 0.4) is 0 Å². The number of pyridine rings is 1. The molecule has 1 radical (unpaired) electrons. The molecule has 0 spiro atoms. The lowest BCUT2D eigenvalue weighted by Crippen LogP contribution is -2.18. The van der Waals surface area contributed by atoms with E-state index in [-0.39, 0.29) is 5.65 Å². The van der Waals surface area contributed by atoms with Gasteiger partial charge < -0.3 is 0 Å². The monoisotopic (exact) mass is 179 g/mol. The van der Waals surface area contributed by atoms with Gasteiger partial charge in [-0.1, -0.05) is 0 Å². The van der Waals surface area contributed by atoms with Crippen LogP contribution in [-0.2, 0) is 5.11 Å². The van der Waals surface area contributed by atoms with E-state index in [1.165, 1.54) is 6.20 Å². The van der Waals surface area contributed by atoms with Gasteiger partial charge in [-0.05, 0) is 22.2 Å². The molecule has 0 unspecified atom stereocenters. The van der Waals surface area contributed by atoms with E-state index in [9.17, 15) is 9.90 Å². The standard InChI is InChI=1S/C6H3N4O3/c11-6(12)13-10-5-4(8-9-10)2-1-3-7-5/h1-3H. The minimum atomic E-state index is -1.71. The van der Waals surface area contributed by atoms with Crippen molar-refractivity contribution in [2.24, 2.45) is 0 Å². The molecule has 2 rings (SSSR count). The third-order valence-electron chi connectivity index (χ3n) is 1.34. The quantitative estimate of drug-likeness (QED) is 0.565. The van der Waals surface area contributed by atoms with Crippen LogP contribution in [0.5, 0.6) is 0 Å². The minimum Gasteiger partial charge on any atom is -0.277 e. The predicted octanol–water partition coefficient (Wildman–Crippen LogP) is -0.195. The molecule has 2 heterocycles. The molecule has 7 nitrogen and oxygen atoms in total. The van der Waals surface area contributed by atoms with Crippen molar-refractivity contribution >= 4 is 17.3 Å². The van der Waals surface area contributed by atoms with E-state index in [0.29, 0.717) is 10.4 Å². The van der Waals surface area contributed by atoms with Gasteiger partial charge in [0.05, 0.1) is 0 Å². The van der Waals surface area contributed by atoms with Crippen LogP contribution in [0.1, 0.15) is 0 Å². The highest BCUT2D eigenvalue weighted by molar-refractivity contribution is 5.69. The maximum atomic E-state index is 10.1. The number of aromatic nitrogens is 4. The highest BCUT2D eigenvalue weighted by Crippen LogP contribution is 2.03. The van der Waals surface area contributed by atoms with Gasteiger partial charge in [0.2, 0.25) is 5.65 Å². The summed E-state index contributed by atoms with van der Waals surface area (Å²) in [5.41, 5.74) is 0.676. The average molecular weight is 179 g/mol. The van der Waals surface area contributed by atoms with Crippen LogP contribution < -0.4 is 4.84 Å². The second-order valence-electron chi connectivity index (χ2n) is 2.15.